The molecular formula is C11H21N. The maximum Gasteiger partial charge on any atom is 0.0715 e. The summed E-state index contributed by atoms with van der Waals surface area (Å²) in [6.45, 7) is 7.59. The molecule has 0 aromatic heterocycles. The summed E-state index contributed by atoms with van der Waals surface area (Å²) in [5.41, 5.74) is 0. The van der Waals surface area contributed by atoms with Crippen molar-refractivity contribution in [2.24, 2.45) is 5.92 Å². The van der Waals surface area contributed by atoms with Crippen LogP contribution in [-0.4, -0.2) is 12.6 Å². The van der Waals surface area contributed by atoms with Gasteiger partial charge >= 0.3 is 0 Å². The maximum atomic E-state index is 5.45. The first kappa shape index (κ1) is 11.5. The monoisotopic (exact) mass is 167 g/mol. The molecule has 0 aliphatic heterocycles. The minimum absolute atomic E-state index is 0.278. The predicted molar refractivity (Wildman–Crippen MR) is 55.0 cm³/mol. The molecule has 0 rings (SSSR count). The lowest BCUT2D eigenvalue weighted by atomic mass is 9.95. The van der Waals surface area contributed by atoms with Gasteiger partial charge in [0.25, 0.3) is 0 Å². The van der Waals surface area contributed by atoms with Crippen molar-refractivity contribution in [3.8, 4) is 12.3 Å². The molecule has 0 spiro atoms. The molecule has 0 amide bonds. The molecule has 0 radical (unpaired) electrons. The summed E-state index contributed by atoms with van der Waals surface area (Å²) in [4.78, 5) is 0. The second-order valence-corrected chi connectivity index (χ2v) is 3.18. The molecule has 0 saturated carbocycles. The van der Waals surface area contributed by atoms with E-state index in [1.165, 1.54) is 12.8 Å². The fourth-order valence-corrected chi connectivity index (χ4v) is 1.42. The van der Waals surface area contributed by atoms with Crippen molar-refractivity contribution < 1.29 is 0 Å². The third-order valence-electron chi connectivity index (χ3n) is 2.31. The highest BCUT2D eigenvalue weighted by atomic mass is 14.9. The normalized spacial score (nSPS) is 12.9. The van der Waals surface area contributed by atoms with Gasteiger partial charge in [-0.1, -0.05) is 39.5 Å². The Balaban J connectivity index is 3.86. The zero-order chi connectivity index (χ0) is 9.40. The molecule has 70 valence electrons. The van der Waals surface area contributed by atoms with E-state index in [0.717, 1.165) is 13.0 Å². The fraction of sp³-hybridized carbons (Fsp3) is 0.818. The number of rotatable bonds is 6. The SMILES string of the molecule is C#CC(NCCC)C(CC)CC. The summed E-state index contributed by atoms with van der Waals surface area (Å²) >= 11 is 0. The molecule has 0 aliphatic rings. The van der Waals surface area contributed by atoms with Crippen molar-refractivity contribution in [2.45, 2.75) is 46.1 Å². The standard InChI is InChI=1S/C11H21N/c1-5-9-12-11(8-4)10(6-2)7-3/h4,10-12H,5-7,9H2,1-3H3. The van der Waals surface area contributed by atoms with Crippen LogP contribution >= 0.6 is 0 Å². The topological polar surface area (TPSA) is 12.0 Å². The number of nitrogens with one attached hydrogen (secondary N) is 1. The van der Waals surface area contributed by atoms with Gasteiger partial charge in [-0.3, -0.25) is 0 Å². The first-order valence-corrected chi connectivity index (χ1v) is 4.99. The second-order valence-electron chi connectivity index (χ2n) is 3.18. The van der Waals surface area contributed by atoms with Crippen molar-refractivity contribution in [1.82, 2.24) is 5.32 Å². The van der Waals surface area contributed by atoms with Crippen LogP contribution in [0.15, 0.2) is 0 Å². The number of terminal acetylenes is 1. The van der Waals surface area contributed by atoms with E-state index in [-0.39, 0.29) is 6.04 Å². The Morgan fingerprint density at radius 1 is 1.25 bits per heavy atom. The molecule has 0 fully saturated rings. The largest absolute Gasteiger partial charge is 0.303 e. The molecular weight excluding hydrogens is 146 g/mol. The fourth-order valence-electron chi connectivity index (χ4n) is 1.42. The average molecular weight is 167 g/mol. The maximum absolute atomic E-state index is 5.45. The Hall–Kier alpha value is -0.480. The van der Waals surface area contributed by atoms with Crippen molar-refractivity contribution in [3.05, 3.63) is 0 Å². The summed E-state index contributed by atoms with van der Waals surface area (Å²) in [6.07, 6.45) is 8.94. The van der Waals surface area contributed by atoms with Gasteiger partial charge in [-0.05, 0) is 18.9 Å². The summed E-state index contributed by atoms with van der Waals surface area (Å²) in [5.74, 6) is 3.47. The molecule has 0 aromatic rings. The molecule has 1 unspecified atom stereocenters. The van der Waals surface area contributed by atoms with E-state index in [0.29, 0.717) is 5.92 Å². The zero-order valence-electron chi connectivity index (χ0n) is 8.56. The quantitative estimate of drug-likeness (QED) is 0.599. The lowest BCUT2D eigenvalue weighted by Gasteiger charge is -2.21. The Morgan fingerprint density at radius 3 is 2.17 bits per heavy atom. The molecule has 1 atom stereocenters. The Bertz CT molecular complexity index is 130. The summed E-state index contributed by atoms with van der Waals surface area (Å²) in [5, 5.41) is 3.38. The molecule has 0 saturated heterocycles. The molecule has 1 nitrogen and oxygen atoms in total. The lowest BCUT2D eigenvalue weighted by Crippen LogP contribution is -2.34. The molecule has 1 N–H and O–H groups in total. The third-order valence-corrected chi connectivity index (χ3v) is 2.31. The van der Waals surface area contributed by atoms with Gasteiger partial charge in [0.05, 0.1) is 6.04 Å². The van der Waals surface area contributed by atoms with Gasteiger partial charge in [0.1, 0.15) is 0 Å². The minimum Gasteiger partial charge on any atom is -0.303 e. The van der Waals surface area contributed by atoms with Crippen LogP contribution in [0.25, 0.3) is 0 Å². The lowest BCUT2D eigenvalue weighted by molar-refractivity contribution is 0.393. The molecule has 1 heteroatoms. The zero-order valence-corrected chi connectivity index (χ0v) is 8.56. The average Bonchev–Trinajstić information content (AvgIpc) is 2.12. The molecule has 0 aliphatic carbocycles. The molecule has 0 bridgehead atoms. The van der Waals surface area contributed by atoms with Crippen LogP contribution < -0.4 is 5.32 Å². The van der Waals surface area contributed by atoms with E-state index < -0.39 is 0 Å². The van der Waals surface area contributed by atoms with Crippen LogP contribution in [0.1, 0.15) is 40.0 Å². The number of hydrogen-bond acceptors (Lipinski definition) is 1. The van der Waals surface area contributed by atoms with Crippen molar-refractivity contribution >= 4 is 0 Å². The van der Waals surface area contributed by atoms with Gasteiger partial charge in [0.2, 0.25) is 0 Å². The highest BCUT2D eigenvalue weighted by molar-refractivity contribution is 5.01. The van der Waals surface area contributed by atoms with E-state index in [9.17, 15) is 0 Å². The van der Waals surface area contributed by atoms with Gasteiger partial charge in [-0.15, -0.1) is 6.42 Å². The third kappa shape index (κ3) is 3.78. The van der Waals surface area contributed by atoms with E-state index in [1.807, 2.05) is 0 Å². The van der Waals surface area contributed by atoms with E-state index >= 15 is 0 Å². The summed E-state index contributed by atoms with van der Waals surface area (Å²) in [7, 11) is 0. The van der Waals surface area contributed by atoms with Gasteiger partial charge in [0, 0.05) is 0 Å². The first-order chi connectivity index (χ1) is 5.79. The van der Waals surface area contributed by atoms with Crippen molar-refractivity contribution in [2.75, 3.05) is 6.54 Å². The van der Waals surface area contributed by atoms with Gasteiger partial charge in [-0.2, -0.15) is 0 Å². The van der Waals surface area contributed by atoms with Crippen molar-refractivity contribution in [1.29, 1.82) is 0 Å². The first-order valence-electron chi connectivity index (χ1n) is 4.99. The van der Waals surface area contributed by atoms with Crippen LogP contribution in [0.3, 0.4) is 0 Å². The van der Waals surface area contributed by atoms with E-state index in [4.69, 9.17) is 6.42 Å². The van der Waals surface area contributed by atoms with Crippen LogP contribution in [0.2, 0.25) is 0 Å². The Morgan fingerprint density at radius 2 is 1.83 bits per heavy atom. The van der Waals surface area contributed by atoms with Crippen LogP contribution in [-0.2, 0) is 0 Å². The van der Waals surface area contributed by atoms with E-state index in [1.54, 1.807) is 0 Å². The predicted octanol–water partition coefficient (Wildman–Crippen LogP) is 2.42. The summed E-state index contributed by atoms with van der Waals surface area (Å²) < 4.78 is 0. The van der Waals surface area contributed by atoms with Crippen molar-refractivity contribution in [3.63, 3.8) is 0 Å². The van der Waals surface area contributed by atoms with Gasteiger partial charge < -0.3 is 5.32 Å². The molecule has 0 heterocycles. The van der Waals surface area contributed by atoms with Gasteiger partial charge in [-0.25, -0.2) is 0 Å². The minimum atomic E-state index is 0.278. The highest BCUT2D eigenvalue weighted by Crippen LogP contribution is 2.12. The van der Waals surface area contributed by atoms with Crippen LogP contribution in [0, 0.1) is 18.3 Å². The van der Waals surface area contributed by atoms with Gasteiger partial charge in [0.15, 0.2) is 0 Å². The Kier molecular flexibility index (Phi) is 6.90. The van der Waals surface area contributed by atoms with Crippen LogP contribution in [0.5, 0.6) is 0 Å². The highest BCUT2D eigenvalue weighted by Gasteiger charge is 2.13. The number of hydrogen-bond donors (Lipinski definition) is 1. The smallest absolute Gasteiger partial charge is 0.0715 e. The van der Waals surface area contributed by atoms with E-state index in [2.05, 4.69) is 32.0 Å². The Labute approximate surface area is 76.9 Å². The molecule has 12 heavy (non-hydrogen) atoms. The molecule has 0 aromatic carbocycles. The summed E-state index contributed by atoms with van der Waals surface area (Å²) in [6, 6.07) is 0.278. The second kappa shape index (κ2) is 7.18. The van der Waals surface area contributed by atoms with Crippen LogP contribution in [0.4, 0.5) is 0 Å².